The molecular formula is C10H23BrOSi. The summed E-state index contributed by atoms with van der Waals surface area (Å²) in [6.07, 6.45) is 3.83. The van der Waals surface area contributed by atoms with Gasteiger partial charge < -0.3 is 4.43 Å². The minimum Gasteiger partial charge on any atom is -0.418 e. The molecule has 0 bridgehead atoms. The van der Waals surface area contributed by atoms with Gasteiger partial charge in [0.05, 0.1) is 0 Å². The molecule has 0 N–H and O–H groups in total. The highest BCUT2D eigenvalue weighted by molar-refractivity contribution is 9.09. The summed E-state index contributed by atoms with van der Waals surface area (Å²) in [5.74, 6) is 0. The summed E-state index contributed by atoms with van der Waals surface area (Å²) in [7, 11) is -1.33. The lowest BCUT2D eigenvalue weighted by Crippen LogP contribution is -2.30. The number of halogens is 1. The van der Waals surface area contributed by atoms with Crippen LogP contribution in [0.1, 0.15) is 33.1 Å². The van der Waals surface area contributed by atoms with Gasteiger partial charge in [0.2, 0.25) is 0 Å². The molecule has 1 atom stereocenters. The highest BCUT2D eigenvalue weighted by Crippen LogP contribution is 2.21. The molecule has 0 spiro atoms. The van der Waals surface area contributed by atoms with Crippen molar-refractivity contribution in [2.45, 2.75) is 57.1 Å². The van der Waals surface area contributed by atoms with Gasteiger partial charge in [-0.1, -0.05) is 29.3 Å². The van der Waals surface area contributed by atoms with E-state index in [1.807, 2.05) is 0 Å². The van der Waals surface area contributed by atoms with Crippen molar-refractivity contribution in [2.24, 2.45) is 0 Å². The molecule has 0 aromatic heterocycles. The minimum absolute atomic E-state index is 0.699. The van der Waals surface area contributed by atoms with Gasteiger partial charge in [-0.3, -0.25) is 0 Å². The Morgan fingerprint density at radius 1 is 1.23 bits per heavy atom. The first kappa shape index (κ1) is 13.7. The van der Waals surface area contributed by atoms with E-state index in [1.165, 1.54) is 25.3 Å². The van der Waals surface area contributed by atoms with Crippen LogP contribution in [0.3, 0.4) is 0 Å². The van der Waals surface area contributed by atoms with E-state index >= 15 is 0 Å². The van der Waals surface area contributed by atoms with E-state index in [0.29, 0.717) is 4.83 Å². The molecule has 0 fully saturated rings. The predicted molar refractivity (Wildman–Crippen MR) is 66.2 cm³/mol. The van der Waals surface area contributed by atoms with Gasteiger partial charge in [-0.05, 0) is 38.9 Å². The molecular weight excluding hydrogens is 244 g/mol. The van der Waals surface area contributed by atoms with Crippen molar-refractivity contribution < 1.29 is 4.43 Å². The average molecular weight is 267 g/mol. The molecule has 0 aromatic carbocycles. The van der Waals surface area contributed by atoms with E-state index < -0.39 is 8.32 Å². The Morgan fingerprint density at radius 2 is 1.85 bits per heavy atom. The van der Waals surface area contributed by atoms with E-state index in [9.17, 15) is 0 Å². The summed E-state index contributed by atoms with van der Waals surface area (Å²) >= 11 is 3.71. The third-order valence-corrected chi connectivity index (χ3v) is 5.68. The molecule has 0 aliphatic heterocycles. The van der Waals surface area contributed by atoms with Crippen molar-refractivity contribution in [3.05, 3.63) is 0 Å². The van der Waals surface area contributed by atoms with E-state index in [1.54, 1.807) is 0 Å². The van der Waals surface area contributed by atoms with Crippen LogP contribution in [0.25, 0.3) is 0 Å². The van der Waals surface area contributed by atoms with Crippen molar-refractivity contribution in [3.63, 3.8) is 0 Å². The Morgan fingerprint density at radius 3 is 2.31 bits per heavy atom. The van der Waals surface area contributed by atoms with Crippen LogP contribution in [0.4, 0.5) is 0 Å². The second-order valence-corrected chi connectivity index (χ2v) is 9.72. The highest BCUT2D eigenvalue weighted by atomic mass is 79.9. The second kappa shape index (κ2) is 7.02. The first-order chi connectivity index (χ1) is 6.02. The normalized spacial score (nSPS) is 14.5. The summed E-state index contributed by atoms with van der Waals surface area (Å²) in [6, 6.07) is 1.27. The first-order valence-electron chi connectivity index (χ1n) is 5.30. The molecule has 0 aliphatic carbocycles. The van der Waals surface area contributed by atoms with Gasteiger partial charge in [-0.25, -0.2) is 0 Å². The van der Waals surface area contributed by atoms with Gasteiger partial charge in [0.1, 0.15) is 0 Å². The molecule has 0 saturated carbocycles. The van der Waals surface area contributed by atoms with Crippen LogP contribution in [0.2, 0.25) is 19.1 Å². The average Bonchev–Trinajstić information content (AvgIpc) is 2.02. The molecule has 0 aliphatic rings. The zero-order valence-corrected chi connectivity index (χ0v) is 12.0. The van der Waals surface area contributed by atoms with E-state index in [2.05, 4.69) is 42.9 Å². The number of alkyl halides is 1. The summed E-state index contributed by atoms with van der Waals surface area (Å²) in [4.78, 5) is 0.699. The van der Waals surface area contributed by atoms with Gasteiger partial charge in [-0.2, -0.15) is 0 Å². The van der Waals surface area contributed by atoms with Gasteiger partial charge in [0.15, 0.2) is 8.32 Å². The molecule has 0 rings (SSSR count). The Labute approximate surface area is 92.5 Å². The molecule has 0 aromatic rings. The first-order valence-corrected chi connectivity index (χ1v) is 9.33. The van der Waals surface area contributed by atoms with E-state index in [0.717, 1.165) is 6.61 Å². The molecule has 1 unspecified atom stereocenters. The zero-order valence-electron chi connectivity index (χ0n) is 9.40. The molecule has 3 heteroatoms. The van der Waals surface area contributed by atoms with Crippen LogP contribution >= 0.6 is 15.9 Å². The maximum atomic E-state index is 5.78. The van der Waals surface area contributed by atoms with Crippen molar-refractivity contribution in [3.8, 4) is 0 Å². The third kappa shape index (κ3) is 7.71. The molecule has 0 radical (unpaired) electrons. The summed E-state index contributed by atoms with van der Waals surface area (Å²) in [6.45, 7) is 9.82. The van der Waals surface area contributed by atoms with Crippen molar-refractivity contribution in [1.29, 1.82) is 0 Å². The molecule has 0 heterocycles. The monoisotopic (exact) mass is 266 g/mol. The number of hydrogen-bond donors (Lipinski definition) is 0. The van der Waals surface area contributed by atoms with E-state index in [4.69, 9.17) is 4.43 Å². The van der Waals surface area contributed by atoms with Gasteiger partial charge in [0, 0.05) is 11.4 Å². The van der Waals surface area contributed by atoms with Gasteiger partial charge >= 0.3 is 0 Å². The van der Waals surface area contributed by atoms with Gasteiger partial charge in [-0.15, -0.1) is 0 Å². The summed E-state index contributed by atoms with van der Waals surface area (Å²) in [5.41, 5.74) is 0. The Hall–Kier alpha value is 0.657. The SMILES string of the molecule is CCCC(Br)CC[Si](C)(C)OCC. The molecule has 1 nitrogen and oxygen atoms in total. The quantitative estimate of drug-likeness (QED) is 0.496. The third-order valence-electron chi connectivity index (χ3n) is 2.20. The van der Waals surface area contributed by atoms with Gasteiger partial charge in [0.25, 0.3) is 0 Å². The van der Waals surface area contributed by atoms with Crippen molar-refractivity contribution in [1.82, 2.24) is 0 Å². The standard InChI is InChI=1S/C10H23BrOSi/c1-5-7-10(11)8-9-13(3,4)12-6-2/h10H,5-9H2,1-4H3. The predicted octanol–water partition coefficient (Wildman–Crippen LogP) is 4.18. The molecule has 0 saturated heterocycles. The van der Waals surface area contributed by atoms with Crippen molar-refractivity contribution >= 4 is 24.2 Å². The van der Waals surface area contributed by atoms with Crippen LogP contribution in [0.5, 0.6) is 0 Å². The van der Waals surface area contributed by atoms with Crippen LogP contribution in [-0.2, 0) is 4.43 Å². The maximum absolute atomic E-state index is 5.78. The fourth-order valence-corrected chi connectivity index (χ4v) is 4.50. The fraction of sp³-hybridized carbons (Fsp3) is 1.00. The summed E-state index contributed by atoms with van der Waals surface area (Å²) < 4.78 is 5.78. The minimum atomic E-state index is -1.33. The smallest absolute Gasteiger partial charge is 0.186 e. The lowest BCUT2D eigenvalue weighted by Gasteiger charge is -2.23. The van der Waals surface area contributed by atoms with Crippen LogP contribution in [0, 0.1) is 0 Å². The van der Waals surface area contributed by atoms with E-state index in [-0.39, 0.29) is 0 Å². The number of hydrogen-bond acceptors (Lipinski definition) is 1. The maximum Gasteiger partial charge on any atom is 0.186 e. The van der Waals surface area contributed by atoms with Crippen LogP contribution < -0.4 is 0 Å². The lowest BCUT2D eigenvalue weighted by atomic mass is 10.2. The lowest BCUT2D eigenvalue weighted by molar-refractivity contribution is 0.328. The largest absolute Gasteiger partial charge is 0.418 e. The number of rotatable bonds is 7. The molecule has 13 heavy (non-hydrogen) atoms. The van der Waals surface area contributed by atoms with Crippen molar-refractivity contribution in [2.75, 3.05) is 6.61 Å². The Kier molecular flexibility index (Phi) is 7.37. The fourth-order valence-electron chi connectivity index (χ4n) is 1.42. The Bertz CT molecular complexity index is 128. The highest BCUT2D eigenvalue weighted by Gasteiger charge is 2.22. The molecule has 0 amide bonds. The topological polar surface area (TPSA) is 9.23 Å². The van der Waals surface area contributed by atoms with Crippen LogP contribution in [-0.4, -0.2) is 19.8 Å². The molecule has 80 valence electrons. The van der Waals surface area contributed by atoms with Crippen LogP contribution in [0.15, 0.2) is 0 Å². The summed E-state index contributed by atoms with van der Waals surface area (Å²) in [5, 5.41) is 0. The second-order valence-electron chi connectivity index (χ2n) is 4.12. The zero-order chi connectivity index (χ0) is 10.3. The Balaban J connectivity index is 3.60.